The van der Waals surface area contributed by atoms with Crippen LogP contribution in [0, 0.1) is 0 Å². The molecule has 1 heteroatoms. The van der Waals surface area contributed by atoms with Gasteiger partial charge in [-0.2, -0.15) is 0 Å². The zero-order chi connectivity index (χ0) is 16.4. The van der Waals surface area contributed by atoms with Gasteiger partial charge in [0.25, 0.3) is 0 Å². The highest BCUT2D eigenvalue weighted by molar-refractivity contribution is 9.10. The minimum atomic E-state index is -0.379. The van der Waals surface area contributed by atoms with Crippen molar-refractivity contribution in [3.63, 3.8) is 0 Å². The topological polar surface area (TPSA) is 0 Å². The second-order valence-electron chi connectivity index (χ2n) is 5.92. The molecule has 0 radical (unpaired) electrons. The third kappa shape index (κ3) is 2.46. The summed E-state index contributed by atoms with van der Waals surface area (Å²) in [6, 6.07) is 36.3. The zero-order valence-electron chi connectivity index (χ0n) is 13.2. The van der Waals surface area contributed by atoms with Crippen LogP contribution in [0.3, 0.4) is 0 Å². The molecule has 4 rings (SSSR count). The summed E-state index contributed by atoms with van der Waals surface area (Å²) in [5.41, 5.74) is 3.72. The van der Waals surface area contributed by atoms with Crippen molar-refractivity contribution in [3.05, 3.63) is 120 Å². The third-order valence-electron chi connectivity index (χ3n) is 4.50. The second-order valence-corrected chi connectivity index (χ2v) is 7.11. The van der Waals surface area contributed by atoms with E-state index in [4.69, 9.17) is 0 Å². The molecule has 116 valence electrons. The molecule has 4 aromatic carbocycles. The van der Waals surface area contributed by atoms with Gasteiger partial charge in [-0.05, 0) is 27.5 Å². The van der Waals surface area contributed by atoms with Gasteiger partial charge in [-0.3, -0.25) is 0 Å². The van der Waals surface area contributed by atoms with Crippen LogP contribution in [0.25, 0.3) is 10.8 Å². The Morgan fingerprint density at radius 2 is 1.00 bits per heavy atom. The van der Waals surface area contributed by atoms with Crippen molar-refractivity contribution in [3.8, 4) is 0 Å². The minimum absolute atomic E-state index is 0.379. The third-order valence-corrected chi connectivity index (χ3v) is 5.85. The van der Waals surface area contributed by atoms with Gasteiger partial charge in [0, 0.05) is 0 Å². The van der Waals surface area contributed by atoms with Gasteiger partial charge in [0.1, 0.15) is 4.32 Å². The SMILES string of the molecule is BrC(c1ccccc1)(c1ccccc1)c1cccc2ccccc12. The van der Waals surface area contributed by atoms with Crippen LogP contribution in [0.1, 0.15) is 16.7 Å². The highest BCUT2D eigenvalue weighted by atomic mass is 79.9. The van der Waals surface area contributed by atoms with Gasteiger partial charge in [0.05, 0.1) is 0 Å². The molecule has 0 saturated carbocycles. The number of hydrogen-bond donors (Lipinski definition) is 0. The quantitative estimate of drug-likeness (QED) is 0.283. The lowest BCUT2D eigenvalue weighted by atomic mass is 9.82. The fraction of sp³-hybridized carbons (Fsp3) is 0.0435. The molecule has 0 fully saturated rings. The molecular formula is C23H17Br. The first-order chi connectivity index (χ1) is 11.8. The van der Waals surface area contributed by atoms with E-state index in [9.17, 15) is 0 Å². The summed E-state index contributed by atoms with van der Waals surface area (Å²) in [6.07, 6.45) is 0. The van der Waals surface area contributed by atoms with E-state index in [0.29, 0.717) is 0 Å². The average Bonchev–Trinajstić information content (AvgIpc) is 2.68. The van der Waals surface area contributed by atoms with Gasteiger partial charge in [0.15, 0.2) is 0 Å². The number of hydrogen-bond acceptors (Lipinski definition) is 0. The molecule has 24 heavy (non-hydrogen) atoms. The Hall–Kier alpha value is -2.38. The summed E-state index contributed by atoms with van der Waals surface area (Å²) >= 11 is 4.13. The van der Waals surface area contributed by atoms with E-state index in [1.807, 2.05) is 0 Å². The van der Waals surface area contributed by atoms with Gasteiger partial charge < -0.3 is 0 Å². The van der Waals surface area contributed by atoms with Crippen LogP contribution >= 0.6 is 15.9 Å². The van der Waals surface area contributed by atoms with Gasteiger partial charge in [-0.1, -0.05) is 119 Å². The van der Waals surface area contributed by atoms with Crippen LogP contribution in [0.4, 0.5) is 0 Å². The number of halogens is 1. The largest absolute Gasteiger partial charge is 0.101 e. The smallest absolute Gasteiger partial charge is 0.0695 e. The van der Waals surface area contributed by atoms with E-state index in [0.717, 1.165) is 0 Å². The molecular weight excluding hydrogens is 356 g/mol. The highest BCUT2D eigenvalue weighted by Crippen LogP contribution is 2.46. The summed E-state index contributed by atoms with van der Waals surface area (Å²) < 4.78 is -0.379. The summed E-state index contributed by atoms with van der Waals surface area (Å²) in [4.78, 5) is 0. The minimum Gasteiger partial charge on any atom is -0.0695 e. The van der Waals surface area contributed by atoms with E-state index in [1.54, 1.807) is 0 Å². The lowest BCUT2D eigenvalue weighted by Crippen LogP contribution is -2.22. The molecule has 0 amide bonds. The van der Waals surface area contributed by atoms with Gasteiger partial charge >= 0.3 is 0 Å². The highest BCUT2D eigenvalue weighted by Gasteiger charge is 2.34. The zero-order valence-corrected chi connectivity index (χ0v) is 14.8. The van der Waals surface area contributed by atoms with Crippen molar-refractivity contribution in [2.75, 3.05) is 0 Å². The summed E-state index contributed by atoms with van der Waals surface area (Å²) in [6.45, 7) is 0. The fourth-order valence-electron chi connectivity index (χ4n) is 3.34. The molecule has 0 N–H and O–H groups in total. The average molecular weight is 373 g/mol. The Balaban J connectivity index is 2.07. The van der Waals surface area contributed by atoms with Crippen LogP contribution in [-0.2, 0) is 4.32 Å². The monoisotopic (exact) mass is 372 g/mol. The summed E-state index contributed by atoms with van der Waals surface area (Å²) in [5.74, 6) is 0. The van der Waals surface area contributed by atoms with Crippen molar-refractivity contribution in [1.82, 2.24) is 0 Å². The number of rotatable bonds is 3. The maximum absolute atomic E-state index is 4.13. The normalized spacial score (nSPS) is 11.5. The Labute approximate surface area is 150 Å². The summed E-state index contributed by atoms with van der Waals surface area (Å²) in [5, 5.41) is 2.52. The van der Waals surface area contributed by atoms with Crippen LogP contribution in [-0.4, -0.2) is 0 Å². The molecule has 0 spiro atoms. The molecule has 0 aliphatic heterocycles. The fourth-order valence-corrected chi connectivity index (χ4v) is 4.21. The van der Waals surface area contributed by atoms with Crippen LogP contribution in [0.15, 0.2) is 103 Å². The summed E-state index contributed by atoms with van der Waals surface area (Å²) in [7, 11) is 0. The maximum atomic E-state index is 4.13. The maximum Gasteiger partial charge on any atom is 0.101 e. The van der Waals surface area contributed by atoms with Gasteiger partial charge in [-0.15, -0.1) is 0 Å². The Kier molecular flexibility index (Phi) is 3.95. The van der Waals surface area contributed by atoms with E-state index in [-0.39, 0.29) is 4.32 Å². The molecule has 0 nitrogen and oxygen atoms in total. The molecule has 0 atom stereocenters. The Morgan fingerprint density at radius 1 is 0.500 bits per heavy atom. The first-order valence-electron chi connectivity index (χ1n) is 8.08. The van der Waals surface area contributed by atoms with Crippen molar-refractivity contribution in [2.24, 2.45) is 0 Å². The first kappa shape index (κ1) is 15.2. The Bertz CT molecular complexity index is 914. The standard InChI is InChI=1S/C23H17Br/c24-23(19-12-3-1-4-13-19,20-14-5-2-6-15-20)22-17-9-11-18-10-7-8-16-21(18)22/h1-17H. The van der Waals surface area contributed by atoms with E-state index >= 15 is 0 Å². The molecule has 0 unspecified atom stereocenters. The molecule has 0 aliphatic rings. The molecule has 0 aliphatic carbocycles. The lowest BCUT2D eigenvalue weighted by molar-refractivity contribution is 0.927. The van der Waals surface area contributed by atoms with Crippen molar-refractivity contribution < 1.29 is 0 Å². The lowest BCUT2D eigenvalue weighted by Gasteiger charge is -2.31. The molecule has 0 bridgehead atoms. The van der Waals surface area contributed by atoms with Crippen molar-refractivity contribution in [2.45, 2.75) is 4.32 Å². The van der Waals surface area contributed by atoms with Crippen LogP contribution in [0.2, 0.25) is 0 Å². The predicted molar refractivity (Wildman–Crippen MR) is 106 cm³/mol. The number of fused-ring (bicyclic) bond motifs is 1. The van der Waals surface area contributed by atoms with Crippen molar-refractivity contribution in [1.29, 1.82) is 0 Å². The van der Waals surface area contributed by atoms with Gasteiger partial charge in [-0.25, -0.2) is 0 Å². The Morgan fingerprint density at radius 3 is 1.62 bits per heavy atom. The predicted octanol–water partition coefficient (Wildman–Crippen LogP) is 6.53. The van der Waals surface area contributed by atoms with E-state index < -0.39 is 0 Å². The second kappa shape index (κ2) is 6.26. The molecule has 0 saturated heterocycles. The van der Waals surface area contributed by atoms with E-state index in [2.05, 4.69) is 119 Å². The van der Waals surface area contributed by atoms with Crippen LogP contribution < -0.4 is 0 Å². The van der Waals surface area contributed by atoms with Crippen LogP contribution in [0.5, 0.6) is 0 Å². The number of alkyl halides is 1. The molecule has 0 heterocycles. The molecule has 0 aromatic heterocycles. The number of benzene rings is 4. The van der Waals surface area contributed by atoms with Gasteiger partial charge in [0.2, 0.25) is 0 Å². The first-order valence-corrected chi connectivity index (χ1v) is 8.87. The molecule has 4 aromatic rings. The van der Waals surface area contributed by atoms with Crippen molar-refractivity contribution >= 4 is 26.7 Å². The van der Waals surface area contributed by atoms with E-state index in [1.165, 1.54) is 27.5 Å².